The molecule has 25 heavy (non-hydrogen) atoms. The van der Waals surface area contributed by atoms with Crippen LogP contribution in [0.15, 0.2) is 17.0 Å². The van der Waals surface area contributed by atoms with Crippen LogP contribution in [-0.4, -0.2) is 52.6 Å². The maximum atomic E-state index is 13.1. The normalized spacial score (nSPS) is 22.9. The van der Waals surface area contributed by atoms with Crippen LogP contribution in [0.3, 0.4) is 0 Å². The highest BCUT2D eigenvalue weighted by Gasteiger charge is 2.34. The molecule has 2 aliphatic rings. The Morgan fingerprint density at radius 2 is 1.72 bits per heavy atom. The van der Waals surface area contributed by atoms with E-state index < -0.39 is 10.0 Å². The van der Waals surface area contributed by atoms with Gasteiger partial charge in [-0.15, -0.1) is 0 Å². The first-order valence-corrected chi connectivity index (χ1v) is 10.4. The van der Waals surface area contributed by atoms with Gasteiger partial charge in [0, 0.05) is 25.2 Å². The molecular weight excluding hydrogens is 340 g/mol. The molecule has 140 valence electrons. The summed E-state index contributed by atoms with van der Waals surface area (Å²) in [7, 11) is -0.453. The van der Waals surface area contributed by atoms with Crippen molar-refractivity contribution < 1.29 is 17.9 Å². The van der Waals surface area contributed by atoms with Gasteiger partial charge >= 0.3 is 0 Å². The van der Waals surface area contributed by atoms with Crippen LogP contribution in [0, 0.1) is 12.8 Å². The molecule has 1 N–H and O–H groups in total. The summed E-state index contributed by atoms with van der Waals surface area (Å²) in [6.45, 7) is 4.05. The first-order valence-electron chi connectivity index (χ1n) is 8.93. The summed E-state index contributed by atoms with van der Waals surface area (Å²) in [6.07, 6.45) is 4.28. The topological polar surface area (TPSA) is 67.9 Å². The van der Waals surface area contributed by atoms with Gasteiger partial charge in [-0.1, -0.05) is 0 Å². The Balaban J connectivity index is 1.78. The van der Waals surface area contributed by atoms with Gasteiger partial charge in [-0.3, -0.25) is 0 Å². The van der Waals surface area contributed by atoms with Crippen molar-refractivity contribution in [3.8, 4) is 11.5 Å². The predicted molar refractivity (Wildman–Crippen MR) is 96.8 cm³/mol. The molecule has 0 aliphatic carbocycles. The molecule has 6 nitrogen and oxygen atoms in total. The zero-order valence-corrected chi connectivity index (χ0v) is 16.1. The van der Waals surface area contributed by atoms with Gasteiger partial charge in [0.2, 0.25) is 10.0 Å². The molecule has 1 atom stereocenters. The molecular formula is C18H28N2O4S. The van der Waals surface area contributed by atoms with Crippen molar-refractivity contribution in [2.45, 2.75) is 43.5 Å². The highest BCUT2D eigenvalue weighted by molar-refractivity contribution is 7.89. The SMILES string of the molecule is COc1cc(C)c(S(=O)(=O)N2CCC(C3CCCN3)CC2)cc1OC. The van der Waals surface area contributed by atoms with Gasteiger partial charge in [0.15, 0.2) is 11.5 Å². The number of rotatable bonds is 5. The van der Waals surface area contributed by atoms with Gasteiger partial charge in [-0.2, -0.15) is 4.31 Å². The molecule has 0 spiro atoms. The van der Waals surface area contributed by atoms with Gasteiger partial charge < -0.3 is 14.8 Å². The first kappa shape index (κ1) is 18.5. The summed E-state index contributed by atoms with van der Waals surface area (Å²) in [5, 5.41) is 3.55. The van der Waals surface area contributed by atoms with Crippen molar-refractivity contribution in [2.75, 3.05) is 33.9 Å². The maximum absolute atomic E-state index is 13.1. The largest absolute Gasteiger partial charge is 0.493 e. The Bertz CT molecular complexity index is 706. The first-order chi connectivity index (χ1) is 12.0. The summed E-state index contributed by atoms with van der Waals surface area (Å²) < 4.78 is 38.4. The smallest absolute Gasteiger partial charge is 0.243 e. The summed E-state index contributed by atoms with van der Waals surface area (Å²) in [5.41, 5.74) is 0.678. The Morgan fingerprint density at radius 1 is 1.08 bits per heavy atom. The molecule has 2 saturated heterocycles. The van der Waals surface area contributed by atoms with E-state index in [4.69, 9.17) is 9.47 Å². The molecule has 3 rings (SSSR count). The Morgan fingerprint density at radius 3 is 2.28 bits per heavy atom. The number of nitrogens with zero attached hydrogens (tertiary/aromatic N) is 1. The highest BCUT2D eigenvalue weighted by Crippen LogP contribution is 2.35. The quantitative estimate of drug-likeness (QED) is 0.863. The Labute approximate surface area is 150 Å². The fraction of sp³-hybridized carbons (Fsp3) is 0.667. The third-order valence-corrected chi connectivity index (χ3v) is 7.51. The standard InChI is InChI=1S/C18H28N2O4S/c1-13-11-16(23-2)17(24-3)12-18(13)25(21,22)20-9-6-14(7-10-20)15-5-4-8-19-15/h11-12,14-15,19H,4-10H2,1-3H3. The van der Waals surface area contributed by atoms with E-state index in [0.29, 0.717) is 47.0 Å². The van der Waals surface area contributed by atoms with E-state index in [1.165, 1.54) is 20.0 Å². The lowest BCUT2D eigenvalue weighted by atomic mass is 9.89. The van der Waals surface area contributed by atoms with Crippen LogP contribution >= 0.6 is 0 Å². The predicted octanol–water partition coefficient (Wildman–Crippen LogP) is 2.16. The summed E-state index contributed by atoms with van der Waals surface area (Å²) >= 11 is 0. The van der Waals surface area contributed by atoms with E-state index >= 15 is 0 Å². The molecule has 7 heteroatoms. The van der Waals surface area contributed by atoms with Crippen LogP contribution in [0.5, 0.6) is 11.5 Å². The van der Waals surface area contributed by atoms with Crippen LogP contribution in [-0.2, 0) is 10.0 Å². The molecule has 0 radical (unpaired) electrons. The van der Waals surface area contributed by atoms with E-state index in [-0.39, 0.29) is 0 Å². The van der Waals surface area contributed by atoms with Crippen LogP contribution in [0.25, 0.3) is 0 Å². The van der Waals surface area contributed by atoms with Gasteiger partial charge in [0.05, 0.1) is 19.1 Å². The number of hydrogen-bond acceptors (Lipinski definition) is 5. The van der Waals surface area contributed by atoms with Crippen molar-refractivity contribution >= 4 is 10.0 Å². The second kappa shape index (κ2) is 7.51. The van der Waals surface area contributed by atoms with Gasteiger partial charge in [0.25, 0.3) is 0 Å². The van der Waals surface area contributed by atoms with Crippen molar-refractivity contribution in [3.63, 3.8) is 0 Å². The van der Waals surface area contributed by atoms with Gasteiger partial charge in [-0.05, 0) is 56.7 Å². The van der Waals surface area contributed by atoms with Crippen LogP contribution < -0.4 is 14.8 Å². The van der Waals surface area contributed by atoms with Gasteiger partial charge in [0.1, 0.15) is 0 Å². The number of methoxy groups -OCH3 is 2. The second-order valence-corrected chi connectivity index (χ2v) is 8.82. The fourth-order valence-electron chi connectivity index (χ4n) is 4.01. The highest BCUT2D eigenvalue weighted by atomic mass is 32.2. The number of aryl methyl sites for hydroxylation is 1. The van der Waals surface area contributed by atoms with Crippen molar-refractivity contribution in [3.05, 3.63) is 17.7 Å². The van der Waals surface area contributed by atoms with Gasteiger partial charge in [-0.25, -0.2) is 8.42 Å². The number of sulfonamides is 1. The summed E-state index contributed by atoms with van der Waals surface area (Å²) in [4.78, 5) is 0.308. The zero-order chi connectivity index (χ0) is 18.0. The average Bonchev–Trinajstić information content (AvgIpc) is 3.16. The monoisotopic (exact) mass is 368 g/mol. The molecule has 1 aromatic carbocycles. The lowest BCUT2D eigenvalue weighted by molar-refractivity contribution is 0.234. The lowest BCUT2D eigenvalue weighted by Gasteiger charge is -2.34. The molecule has 0 saturated carbocycles. The number of piperidine rings is 1. The fourth-order valence-corrected chi connectivity index (χ4v) is 5.70. The third-order valence-electron chi connectivity index (χ3n) is 5.46. The minimum atomic E-state index is -3.52. The maximum Gasteiger partial charge on any atom is 0.243 e. The van der Waals surface area contributed by atoms with Crippen molar-refractivity contribution in [2.24, 2.45) is 5.92 Å². The molecule has 0 amide bonds. The molecule has 0 bridgehead atoms. The van der Waals surface area contributed by atoms with E-state index in [1.54, 1.807) is 30.5 Å². The Hall–Kier alpha value is -1.31. The third kappa shape index (κ3) is 3.64. The second-order valence-electron chi connectivity index (χ2n) is 6.92. The number of nitrogens with one attached hydrogen (secondary N) is 1. The van der Waals surface area contributed by atoms with E-state index in [0.717, 1.165) is 19.4 Å². The molecule has 2 aliphatic heterocycles. The van der Waals surface area contributed by atoms with E-state index in [2.05, 4.69) is 5.32 Å². The van der Waals surface area contributed by atoms with Crippen LogP contribution in [0.1, 0.15) is 31.2 Å². The van der Waals surface area contributed by atoms with Crippen LogP contribution in [0.4, 0.5) is 0 Å². The summed E-state index contributed by atoms with van der Waals surface area (Å²) in [5.74, 6) is 1.57. The van der Waals surface area contributed by atoms with Crippen LogP contribution in [0.2, 0.25) is 0 Å². The number of benzene rings is 1. The van der Waals surface area contributed by atoms with E-state index in [1.807, 2.05) is 0 Å². The van der Waals surface area contributed by atoms with Crippen molar-refractivity contribution in [1.82, 2.24) is 9.62 Å². The minimum absolute atomic E-state index is 0.308. The molecule has 2 fully saturated rings. The van der Waals surface area contributed by atoms with Crippen molar-refractivity contribution in [1.29, 1.82) is 0 Å². The molecule has 2 heterocycles. The minimum Gasteiger partial charge on any atom is -0.493 e. The molecule has 1 unspecified atom stereocenters. The number of hydrogen-bond donors (Lipinski definition) is 1. The molecule has 1 aromatic rings. The molecule has 0 aromatic heterocycles. The summed E-state index contributed by atoms with van der Waals surface area (Å²) in [6, 6.07) is 3.86. The lowest BCUT2D eigenvalue weighted by Crippen LogP contribution is -2.43. The van der Waals surface area contributed by atoms with E-state index in [9.17, 15) is 8.42 Å². The average molecular weight is 368 g/mol. The zero-order valence-electron chi connectivity index (χ0n) is 15.2. The number of ether oxygens (including phenoxy) is 2. The Kier molecular flexibility index (Phi) is 5.55.